The van der Waals surface area contributed by atoms with Gasteiger partial charge in [-0.2, -0.15) is 0 Å². The van der Waals surface area contributed by atoms with Gasteiger partial charge in [0.15, 0.2) is 5.78 Å². The standard InChI is InChI=1S/C19H20O5/c1-4-23-19(21)15-7-5-6-14(10-15)12-24-16-8-9-17(13(2)20)18(11-16)22-3/h5-11H,4,12H2,1-3H3. The first-order chi connectivity index (χ1) is 11.5. The molecule has 0 aliphatic heterocycles. The van der Waals surface area contributed by atoms with Crippen molar-refractivity contribution in [3.8, 4) is 11.5 Å². The molecule has 0 atom stereocenters. The van der Waals surface area contributed by atoms with Crippen molar-refractivity contribution in [3.63, 3.8) is 0 Å². The number of esters is 1. The first kappa shape index (κ1) is 17.5. The normalized spacial score (nSPS) is 10.1. The lowest BCUT2D eigenvalue weighted by Crippen LogP contribution is -2.06. The predicted octanol–water partition coefficient (Wildman–Crippen LogP) is 3.65. The molecule has 5 heteroatoms. The molecular formula is C19H20O5. The lowest BCUT2D eigenvalue weighted by molar-refractivity contribution is 0.0526. The van der Waals surface area contributed by atoms with Gasteiger partial charge in [0.1, 0.15) is 18.1 Å². The highest BCUT2D eigenvalue weighted by atomic mass is 16.5. The Bertz CT molecular complexity index is 736. The summed E-state index contributed by atoms with van der Waals surface area (Å²) in [6.07, 6.45) is 0. The van der Waals surface area contributed by atoms with Crippen molar-refractivity contribution in [2.75, 3.05) is 13.7 Å². The van der Waals surface area contributed by atoms with E-state index in [-0.39, 0.29) is 18.4 Å². The molecule has 0 saturated carbocycles. The van der Waals surface area contributed by atoms with Crippen LogP contribution in [0, 0.1) is 0 Å². The summed E-state index contributed by atoms with van der Waals surface area (Å²) in [5.74, 6) is 0.631. The van der Waals surface area contributed by atoms with Crippen molar-refractivity contribution in [3.05, 3.63) is 59.2 Å². The SMILES string of the molecule is CCOC(=O)c1cccc(COc2ccc(C(C)=O)c(OC)c2)c1. The van der Waals surface area contributed by atoms with Gasteiger partial charge in [0, 0.05) is 6.07 Å². The summed E-state index contributed by atoms with van der Waals surface area (Å²) in [5.41, 5.74) is 1.84. The smallest absolute Gasteiger partial charge is 0.338 e. The third-order valence-electron chi connectivity index (χ3n) is 3.40. The minimum atomic E-state index is -0.355. The highest BCUT2D eigenvalue weighted by Crippen LogP contribution is 2.25. The van der Waals surface area contributed by atoms with Crippen LogP contribution in [0.15, 0.2) is 42.5 Å². The van der Waals surface area contributed by atoms with E-state index >= 15 is 0 Å². The Hall–Kier alpha value is -2.82. The molecule has 0 radical (unpaired) electrons. The van der Waals surface area contributed by atoms with Crippen molar-refractivity contribution < 1.29 is 23.8 Å². The van der Waals surface area contributed by atoms with Crippen LogP contribution in [0.5, 0.6) is 11.5 Å². The number of carbonyl (C=O) groups excluding carboxylic acids is 2. The van der Waals surface area contributed by atoms with E-state index in [2.05, 4.69) is 0 Å². The van der Waals surface area contributed by atoms with Crippen LogP contribution in [0.25, 0.3) is 0 Å². The molecule has 0 unspecified atom stereocenters. The number of rotatable bonds is 7. The van der Waals surface area contributed by atoms with Crippen LogP contribution in [0.1, 0.15) is 40.1 Å². The number of carbonyl (C=O) groups is 2. The maximum absolute atomic E-state index is 11.7. The van der Waals surface area contributed by atoms with Crippen molar-refractivity contribution in [2.45, 2.75) is 20.5 Å². The zero-order valence-corrected chi connectivity index (χ0v) is 14.0. The Morgan fingerprint density at radius 3 is 2.54 bits per heavy atom. The van der Waals surface area contributed by atoms with Crippen LogP contribution in [-0.2, 0) is 11.3 Å². The Morgan fingerprint density at radius 2 is 1.88 bits per heavy atom. The number of ketones is 1. The van der Waals surface area contributed by atoms with Gasteiger partial charge in [0.25, 0.3) is 0 Å². The molecule has 0 heterocycles. The molecule has 0 spiro atoms. The molecule has 0 fully saturated rings. The minimum absolute atomic E-state index is 0.0689. The summed E-state index contributed by atoms with van der Waals surface area (Å²) in [6.45, 7) is 3.87. The average molecular weight is 328 g/mol. The van der Waals surface area contributed by atoms with Crippen molar-refractivity contribution >= 4 is 11.8 Å². The molecular weight excluding hydrogens is 308 g/mol. The van der Waals surface area contributed by atoms with Gasteiger partial charge in [-0.05, 0) is 43.7 Å². The van der Waals surface area contributed by atoms with Crippen LogP contribution >= 0.6 is 0 Å². The molecule has 2 aromatic carbocycles. The van der Waals surface area contributed by atoms with Crippen LogP contribution < -0.4 is 9.47 Å². The highest BCUT2D eigenvalue weighted by molar-refractivity contribution is 5.97. The van der Waals surface area contributed by atoms with Crippen LogP contribution in [0.2, 0.25) is 0 Å². The van der Waals surface area contributed by atoms with Gasteiger partial charge in [0.05, 0.1) is 24.8 Å². The number of benzene rings is 2. The Balaban J connectivity index is 2.09. The highest BCUT2D eigenvalue weighted by Gasteiger charge is 2.10. The van der Waals surface area contributed by atoms with Gasteiger partial charge < -0.3 is 14.2 Å². The summed E-state index contributed by atoms with van der Waals surface area (Å²) in [7, 11) is 1.51. The van der Waals surface area contributed by atoms with E-state index < -0.39 is 0 Å². The number of methoxy groups -OCH3 is 1. The number of ether oxygens (including phenoxy) is 3. The van der Waals surface area contributed by atoms with Crippen LogP contribution in [0.3, 0.4) is 0 Å². The monoisotopic (exact) mass is 328 g/mol. The Labute approximate surface area is 141 Å². The molecule has 0 amide bonds. The molecule has 0 aliphatic carbocycles. The molecule has 0 saturated heterocycles. The largest absolute Gasteiger partial charge is 0.496 e. The van der Waals surface area contributed by atoms with E-state index in [1.165, 1.54) is 14.0 Å². The van der Waals surface area contributed by atoms with Crippen LogP contribution in [-0.4, -0.2) is 25.5 Å². The Kier molecular flexibility index (Phi) is 5.95. The van der Waals surface area contributed by atoms with E-state index in [9.17, 15) is 9.59 Å². The molecule has 2 rings (SSSR count). The molecule has 24 heavy (non-hydrogen) atoms. The lowest BCUT2D eigenvalue weighted by Gasteiger charge is -2.11. The molecule has 0 N–H and O–H groups in total. The second kappa shape index (κ2) is 8.15. The van der Waals surface area contributed by atoms with Crippen LogP contribution in [0.4, 0.5) is 0 Å². The summed E-state index contributed by atoms with van der Waals surface area (Å²) in [6, 6.07) is 12.1. The molecule has 2 aromatic rings. The first-order valence-corrected chi connectivity index (χ1v) is 7.63. The maximum Gasteiger partial charge on any atom is 0.338 e. The predicted molar refractivity (Wildman–Crippen MR) is 89.7 cm³/mol. The minimum Gasteiger partial charge on any atom is -0.496 e. The van der Waals surface area contributed by atoms with Crippen molar-refractivity contribution in [2.24, 2.45) is 0 Å². The fourth-order valence-electron chi connectivity index (χ4n) is 2.22. The number of Topliss-reactive ketones (excluding diaryl/α,β-unsaturated/α-hetero) is 1. The van der Waals surface area contributed by atoms with E-state index in [0.717, 1.165) is 5.56 Å². The first-order valence-electron chi connectivity index (χ1n) is 7.63. The van der Waals surface area contributed by atoms with E-state index in [4.69, 9.17) is 14.2 Å². The quantitative estimate of drug-likeness (QED) is 0.573. The zero-order valence-electron chi connectivity index (χ0n) is 14.0. The summed E-state index contributed by atoms with van der Waals surface area (Å²) in [5, 5.41) is 0. The molecule has 126 valence electrons. The third-order valence-corrected chi connectivity index (χ3v) is 3.40. The summed E-state index contributed by atoms with van der Waals surface area (Å²) in [4.78, 5) is 23.3. The fourth-order valence-corrected chi connectivity index (χ4v) is 2.22. The van der Waals surface area contributed by atoms with E-state index in [1.54, 1.807) is 43.3 Å². The van der Waals surface area contributed by atoms with Gasteiger partial charge in [-0.3, -0.25) is 4.79 Å². The average Bonchev–Trinajstić information content (AvgIpc) is 2.60. The van der Waals surface area contributed by atoms with Crippen molar-refractivity contribution in [1.82, 2.24) is 0 Å². The molecule has 5 nitrogen and oxygen atoms in total. The summed E-state index contributed by atoms with van der Waals surface area (Å²) < 4.78 is 15.9. The van der Waals surface area contributed by atoms with Gasteiger partial charge in [0.2, 0.25) is 0 Å². The van der Waals surface area contributed by atoms with E-state index in [1.807, 2.05) is 6.07 Å². The van der Waals surface area contributed by atoms with Gasteiger partial charge >= 0.3 is 5.97 Å². The second-order valence-electron chi connectivity index (χ2n) is 5.13. The maximum atomic E-state index is 11.7. The Morgan fingerprint density at radius 1 is 1.08 bits per heavy atom. The summed E-state index contributed by atoms with van der Waals surface area (Å²) >= 11 is 0. The topological polar surface area (TPSA) is 61.8 Å². The molecule has 0 aliphatic rings. The molecule has 0 aromatic heterocycles. The lowest BCUT2D eigenvalue weighted by atomic mass is 10.1. The zero-order chi connectivity index (χ0) is 17.5. The van der Waals surface area contributed by atoms with Gasteiger partial charge in [-0.1, -0.05) is 12.1 Å². The number of hydrogen-bond donors (Lipinski definition) is 0. The third kappa shape index (κ3) is 4.35. The molecule has 0 bridgehead atoms. The number of hydrogen-bond acceptors (Lipinski definition) is 5. The van der Waals surface area contributed by atoms with Gasteiger partial charge in [-0.15, -0.1) is 0 Å². The van der Waals surface area contributed by atoms with Gasteiger partial charge in [-0.25, -0.2) is 4.79 Å². The van der Waals surface area contributed by atoms with E-state index in [0.29, 0.717) is 29.2 Å². The fraction of sp³-hybridized carbons (Fsp3) is 0.263. The second-order valence-corrected chi connectivity index (χ2v) is 5.13. The van der Waals surface area contributed by atoms with Crippen molar-refractivity contribution in [1.29, 1.82) is 0 Å².